The number of anilines is 1. The number of aromatic amines is 1. The van der Waals surface area contributed by atoms with Crippen LogP contribution < -0.4 is 15.8 Å². The van der Waals surface area contributed by atoms with E-state index in [1.807, 2.05) is 31.2 Å². The topological polar surface area (TPSA) is 94.3 Å². The first-order valence-electron chi connectivity index (χ1n) is 9.64. The second-order valence-corrected chi connectivity index (χ2v) is 7.03. The molecule has 29 heavy (non-hydrogen) atoms. The van der Waals surface area contributed by atoms with E-state index in [1.165, 1.54) is 0 Å². The van der Waals surface area contributed by atoms with Crippen LogP contribution in [0, 0.1) is 0 Å². The molecule has 7 heteroatoms. The lowest BCUT2D eigenvalue weighted by molar-refractivity contribution is -0.121. The number of para-hydroxylation sites is 1. The molecule has 0 saturated carbocycles. The molecular formula is C22H22N4O3. The summed E-state index contributed by atoms with van der Waals surface area (Å²) < 4.78 is 0. The zero-order valence-corrected chi connectivity index (χ0v) is 16.1. The molecule has 2 aromatic carbocycles. The molecule has 0 unspecified atom stereocenters. The minimum Gasteiger partial charge on any atom is -0.361 e. The zero-order chi connectivity index (χ0) is 20.4. The molecular weight excluding hydrogens is 368 g/mol. The first-order valence-corrected chi connectivity index (χ1v) is 9.64. The molecule has 3 aromatic rings. The van der Waals surface area contributed by atoms with Crippen LogP contribution in [0.2, 0.25) is 0 Å². The lowest BCUT2D eigenvalue weighted by Gasteiger charge is -2.16. The Morgan fingerprint density at radius 2 is 1.93 bits per heavy atom. The van der Waals surface area contributed by atoms with Crippen LogP contribution in [0.25, 0.3) is 10.9 Å². The Bertz CT molecular complexity index is 1100. The van der Waals surface area contributed by atoms with Crippen LogP contribution in [0.5, 0.6) is 0 Å². The zero-order valence-electron chi connectivity index (χ0n) is 16.1. The van der Waals surface area contributed by atoms with Gasteiger partial charge in [0.05, 0.1) is 6.42 Å². The van der Waals surface area contributed by atoms with Gasteiger partial charge in [-0.15, -0.1) is 0 Å². The minimum absolute atomic E-state index is 0.0745. The lowest BCUT2D eigenvalue weighted by atomic mass is 10.1. The van der Waals surface area contributed by atoms with E-state index < -0.39 is 0 Å². The number of hydrazine groups is 1. The molecule has 0 saturated heterocycles. The first kappa shape index (κ1) is 18.7. The Morgan fingerprint density at radius 3 is 2.76 bits per heavy atom. The monoisotopic (exact) mass is 390 g/mol. The van der Waals surface area contributed by atoms with Crippen LogP contribution >= 0.6 is 0 Å². The van der Waals surface area contributed by atoms with Gasteiger partial charge in [0.15, 0.2) is 0 Å². The van der Waals surface area contributed by atoms with E-state index in [4.69, 9.17) is 0 Å². The summed E-state index contributed by atoms with van der Waals surface area (Å²) in [4.78, 5) is 41.5. The van der Waals surface area contributed by atoms with Crippen molar-refractivity contribution in [3.8, 4) is 0 Å². The van der Waals surface area contributed by atoms with Gasteiger partial charge in [0, 0.05) is 41.3 Å². The number of fused-ring (bicyclic) bond motifs is 2. The smallest absolute Gasteiger partial charge is 0.269 e. The van der Waals surface area contributed by atoms with Gasteiger partial charge in [0.2, 0.25) is 11.8 Å². The largest absolute Gasteiger partial charge is 0.361 e. The van der Waals surface area contributed by atoms with Crippen LogP contribution in [-0.2, 0) is 22.4 Å². The summed E-state index contributed by atoms with van der Waals surface area (Å²) in [6, 6.07) is 13.0. The minimum atomic E-state index is -0.389. The lowest BCUT2D eigenvalue weighted by Crippen LogP contribution is -2.42. The van der Waals surface area contributed by atoms with Crippen LogP contribution in [-0.4, -0.2) is 29.3 Å². The molecule has 1 aliphatic heterocycles. The van der Waals surface area contributed by atoms with Gasteiger partial charge in [-0.2, -0.15) is 0 Å². The summed E-state index contributed by atoms with van der Waals surface area (Å²) in [5.74, 6) is -0.616. The number of aromatic nitrogens is 1. The number of H-pyrrole nitrogens is 1. The van der Waals surface area contributed by atoms with Gasteiger partial charge in [0.25, 0.3) is 5.91 Å². The summed E-state index contributed by atoms with van der Waals surface area (Å²) in [5, 5.41) is 0.985. The van der Waals surface area contributed by atoms with Crippen molar-refractivity contribution in [1.29, 1.82) is 0 Å². The van der Waals surface area contributed by atoms with Crippen LogP contribution in [0.1, 0.15) is 34.8 Å². The van der Waals surface area contributed by atoms with Crippen molar-refractivity contribution in [2.45, 2.75) is 26.2 Å². The fourth-order valence-corrected chi connectivity index (χ4v) is 3.69. The van der Waals surface area contributed by atoms with E-state index >= 15 is 0 Å². The van der Waals surface area contributed by atoms with Gasteiger partial charge < -0.3 is 9.88 Å². The number of carbonyl (C=O) groups is 3. The second-order valence-electron chi connectivity index (χ2n) is 7.03. The average Bonchev–Trinajstić information content (AvgIpc) is 3.35. The molecule has 4 rings (SSSR count). The fourth-order valence-electron chi connectivity index (χ4n) is 3.69. The summed E-state index contributed by atoms with van der Waals surface area (Å²) in [5.41, 5.74) is 9.04. The number of rotatable bonds is 4. The first-order chi connectivity index (χ1) is 14.1. The molecule has 0 spiro atoms. The predicted octanol–water partition coefficient (Wildman–Crippen LogP) is 2.47. The highest BCUT2D eigenvalue weighted by atomic mass is 16.2. The Morgan fingerprint density at radius 1 is 1.10 bits per heavy atom. The Labute approximate surface area is 168 Å². The molecule has 3 amide bonds. The van der Waals surface area contributed by atoms with Gasteiger partial charge in [-0.05, 0) is 41.8 Å². The van der Waals surface area contributed by atoms with Gasteiger partial charge in [-0.25, -0.2) is 0 Å². The van der Waals surface area contributed by atoms with Crippen LogP contribution in [0.4, 0.5) is 5.69 Å². The van der Waals surface area contributed by atoms with Crippen LogP contribution in [0.15, 0.2) is 48.7 Å². The van der Waals surface area contributed by atoms with E-state index in [-0.39, 0.29) is 24.1 Å². The van der Waals surface area contributed by atoms with Gasteiger partial charge >= 0.3 is 0 Å². The molecule has 1 aromatic heterocycles. The third-order valence-electron chi connectivity index (χ3n) is 5.18. The molecule has 0 radical (unpaired) electrons. The maximum Gasteiger partial charge on any atom is 0.269 e. The van der Waals surface area contributed by atoms with Crippen molar-refractivity contribution in [3.05, 3.63) is 65.4 Å². The maximum atomic E-state index is 12.4. The molecule has 0 atom stereocenters. The van der Waals surface area contributed by atoms with E-state index in [0.29, 0.717) is 18.5 Å². The third kappa shape index (κ3) is 3.71. The summed E-state index contributed by atoms with van der Waals surface area (Å²) in [6.07, 6.45) is 3.12. The summed E-state index contributed by atoms with van der Waals surface area (Å²) >= 11 is 0. The second kappa shape index (κ2) is 7.79. The third-order valence-corrected chi connectivity index (χ3v) is 5.18. The van der Waals surface area contributed by atoms with Crippen molar-refractivity contribution < 1.29 is 14.4 Å². The number of benzene rings is 2. The molecule has 0 aliphatic carbocycles. The Balaban J connectivity index is 1.37. The molecule has 0 bridgehead atoms. The quantitative estimate of drug-likeness (QED) is 0.598. The standard InChI is InChI=1S/C22H22N4O3/c1-2-21(28)26-10-9-14-11-15(7-8-19(14)26)22(29)25-24-20(27)12-16-13-23-18-6-4-3-5-17(16)18/h3-8,11,13,23H,2,9-10,12H2,1H3,(H,24,27)(H,25,29). The Hall–Kier alpha value is -3.61. The van der Waals surface area contributed by atoms with Gasteiger partial charge in [0.1, 0.15) is 0 Å². The molecule has 3 N–H and O–H groups in total. The van der Waals surface area contributed by atoms with Crippen molar-refractivity contribution >= 4 is 34.3 Å². The number of carbonyl (C=O) groups excluding carboxylic acids is 3. The van der Waals surface area contributed by atoms with E-state index in [9.17, 15) is 14.4 Å². The van der Waals surface area contributed by atoms with Gasteiger partial charge in [-0.3, -0.25) is 25.2 Å². The molecule has 2 heterocycles. The number of nitrogens with zero attached hydrogens (tertiary/aromatic N) is 1. The van der Waals surface area contributed by atoms with Crippen molar-refractivity contribution in [1.82, 2.24) is 15.8 Å². The molecule has 148 valence electrons. The SMILES string of the molecule is CCC(=O)N1CCc2cc(C(=O)NNC(=O)Cc3c[nH]c4ccccc34)ccc21. The van der Waals surface area contributed by atoms with Gasteiger partial charge in [-0.1, -0.05) is 25.1 Å². The molecule has 0 fully saturated rings. The van der Waals surface area contributed by atoms with Crippen LogP contribution in [0.3, 0.4) is 0 Å². The summed E-state index contributed by atoms with van der Waals surface area (Å²) in [7, 11) is 0. The highest BCUT2D eigenvalue weighted by molar-refractivity contribution is 5.99. The number of amides is 3. The fraction of sp³-hybridized carbons (Fsp3) is 0.227. The van der Waals surface area contributed by atoms with E-state index in [0.717, 1.165) is 34.1 Å². The number of hydrogen-bond donors (Lipinski definition) is 3. The average molecular weight is 390 g/mol. The number of nitrogens with one attached hydrogen (secondary N) is 3. The van der Waals surface area contributed by atoms with Crippen molar-refractivity contribution in [2.75, 3.05) is 11.4 Å². The maximum absolute atomic E-state index is 12.4. The summed E-state index contributed by atoms with van der Waals surface area (Å²) in [6.45, 7) is 2.47. The highest BCUT2D eigenvalue weighted by Gasteiger charge is 2.24. The molecule has 1 aliphatic rings. The normalized spacial score (nSPS) is 12.7. The van der Waals surface area contributed by atoms with Crippen molar-refractivity contribution in [2.24, 2.45) is 0 Å². The highest BCUT2D eigenvalue weighted by Crippen LogP contribution is 2.29. The van der Waals surface area contributed by atoms with E-state index in [2.05, 4.69) is 15.8 Å². The van der Waals surface area contributed by atoms with Crippen molar-refractivity contribution in [3.63, 3.8) is 0 Å². The Kier molecular flexibility index (Phi) is 5.03. The number of hydrogen-bond acceptors (Lipinski definition) is 3. The predicted molar refractivity (Wildman–Crippen MR) is 110 cm³/mol. The molecule has 7 nitrogen and oxygen atoms in total. The van der Waals surface area contributed by atoms with E-state index in [1.54, 1.807) is 29.3 Å².